The third kappa shape index (κ3) is 3.29. The van der Waals surface area contributed by atoms with Crippen LogP contribution in [0.2, 0.25) is 5.02 Å². The van der Waals surface area contributed by atoms with E-state index in [1.165, 1.54) is 0 Å². The van der Waals surface area contributed by atoms with Crippen molar-refractivity contribution in [2.24, 2.45) is 0 Å². The largest absolute Gasteiger partial charge is 0.465 e. The highest BCUT2D eigenvalue weighted by Crippen LogP contribution is 2.31. The molecule has 4 nitrogen and oxygen atoms in total. The van der Waals surface area contributed by atoms with E-state index in [-0.39, 0.29) is 6.04 Å². The molecule has 0 radical (unpaired) electrons. The van der Waals surface area contributed by atoms with Crippen molar-refractivity contribution in [3.05, 3.63) is 27.7 Å². The second kappa shape index (κ2) is 5.80. The van der Waals surface area contributed by atoms with Gasteiger partial charge < -0.3 is 15.3 Å². The van der Waals surface area contributed by atoms with Gasteiger partial charge in [-0.2, -0.15) is 0 Å². The summed E-state index contributed by atoms with van der Waals surface area (Å²) in [6.07, 6.45) is 0.894. The van der Waals surface area contributed by atoms with Crippen LogP contribution in [-0.2, 0) is 0 Å². The molecule has 1 fully saturated rings. The molecule has 6 heteroatoms. The Morgan fingerprint density at radius 1 is 1.56 bits per heavy atom. The molecule has 0 bridgehead atoms. The van der Waals surface area contributed by atoms with Crippen LogP contribution in [0.3, 0.4) is 0 Å². The fraction of sp³-hybridized carbons (Fsp3) is 0.417. The number of rotatable bonds is 2. The van der Waals surface area contributed by atoms with Crippen molar-refractivity contribution in [2.75, 3.05) is 18.0 Å². The first-order chi connectivity index (χ1) is 8.56. The van der Waals surface area contributed by atoms with E-state index in [4.69, 9.17) is 16.7 Å². The van der Waals surface area contributed by atoms with Crippen LogP contribution in [0.25, 0.3) is 0 Å². The number of hydrogen-bond donors (Lipinski definition) is 2. The maximum absolute atomic E-state index is 10.7. The van der Waals surface area contributed by atoms with Gasteiger partial charge in [-0.15, -0.1) is 0 Å². The smallest absolute Gasteiger partial charge is 0.404 e. The summed E-state index contributed by atoms with van der Waals surface area (Å²) >= 11 is 9.41. The van der Waals surface area contributed by atoms with E-state index in [2.05, 4.69) is 26.1 Å². The molecule has 1 aliphatic rings. The second-order valence-corrected chi connectivity index (χ2v) is 5.62. The van der Waals surface area contributed by atoms with E-state index >= 15 is 0 Å². The lowest BCUT2D eigenvalue weighted by molar-refractivity contribution is 0.188. The number of piperidine rings is 1. The quantitative estimate of drug-likeness (QED) is 0.873. The fourth-order valence-electron chi connectivity index (χ4n) is 2.23. The summed E-state index contributed by atoms with van der Waals surface area (Å²) in [6, 6.07) is 5.63. The first-order valence-electron chi connectivity index (χ1n) is 5.75. The van der Waals surface area contributed by atoms with Crippen molar-refractivity contribution in [3.8, 4) is 0 Å². The van der Waals surface area contributed by atoms with Gasteiger partial charge in [-0.25, -0.2) is 4.79 Å². The fourth-order valence-corrected chi connectivity index (χ4v) is 3.16. The minimum atomic E-state index is -0.961. The van der Waals surface area contributed by atoms with Crippen molar-refractivity contribution in [2.45, 2.75) is 18.9 Å². The number of nitrogens with zero attached hydrogens (tertiary/aromatic N) is 1. The lowest BCUT2D eigenvalue weighted by atomic mass is 10.1. The van der Waals surface area contributed by atoms with Crippen LogP contribution in [0.5, 0.6) is 0 Å². The zero-order valence-electron chi connectivity index (χ0n) is 9.70. The monoisotopic (exact) mass is 332 g/mol. The number of carboxylic acid groups (broad SMARTS) is 1. The van der Waals surface area contributed by atoms with Crippen LogP contribution in [0, 0.1) is 0 Å². The molecule has 0 saturated carbocycles. The molecule has 98 valence electrons. The van der Waals surface area contributed by atoms with Gasteiger partial charge in [0.05, 0.1) is 5.69 Å². The van der Waals surface area contributed by atoms with Crippen LogP contribution in [0.15, 0.2) is 22.7 Å². The molecule has 1 saturated heterocycles. The molecule has 0 aliphatic carbocycles. The van der Waals surface area contributed by atoms with E-state index in [0.29, 0.717) is 11.6 Å². The van der Waals surface area contributed by atoms with Crippen LogP contribution in [-0.4, -0.2) is 30.3 Å². The number of nitrogens with one attached hydrogen (secondary N) is 1. The Morgan fingerprint density at radius 2 is 2.33 bits per heavy atom. The Labute approximate surface area is 119 Å². The van der Waals surface area contributed by atoms with Gasteiger partial charge in [0, 0.05) is 28.6 Å². The topological polar surface area (TPSA) is 52.6 Å². The van der Waals surface area contributed by atoms with Gasteiger partial charge in [0.2, 0.25) is 0 Å². The van der Waals surface area contributed by atoms with Gasteiger partial charge in [0.1, 0.15) is 0 Å². The third-order valence-electron chi connectivity index (χ3n) is 3.00. The molecule has 1 unspecified atom stereocenters. The molecule has 1 aromatic carbocycles. The van der Waals surface area contributed by atoms with Crippen LogP contribution in [0.1, 0.15) is 12.8 Å². The third-order valence-corrected chi connectivity index (χ3v) is 3.87. The van der Waals surface area contributed by atoms with Crippen LogP contribution >= 0.6 is 27.5 Å². The molecule has 1 atom stereocenters. The number of benzene rings is 1. The average molecular weight is 334 g/mol. The van der Waals surface area contributed by atoms with Crippen molar-refractivity contribution in [1.29, 1.82) is 0 Å². The zero-order chi connectivity index (χ0) is 13.1. The predicted molar refractivity (Wildman–Crippen MR) is 75.5 cm³/mol. The molecule has 18 heavy (non-hydrogen) atoms. The molecule has 0 aromatic heterocycles. The lowest BCUT2D eigenvalue weighted by Gasteiger charge is -2.34. The Hall–Kier alpha value is -0.940. The van der Waals surface area contributed by atoms with Gasteiger partial charge >= 0.3 is 6.09 Å². The molecule has 2 N–H and O–H groups in total. The number of hydrogen-bond acceptors (Lipinski definition) is 2. The number of amides is 1. The summed E-state index contributed by atoms with van der Waals surface area (Å²) < 4.78 is 0.936. The van der Waals surface area contributed by atoms with E-state index < -0.39 is 6.09 Å². The Morgan fingerprint density at radius 3 is 3.00 bits per heavy atom. The van der Waals surface area contributed by atoms with Crippen molar-refractivity contribution >= 4 is 39.3 Å². The van der Waals surface area contributed by atoms with Crippen molar-refractivity contribution in [3.63, 3.8) is 0 Å². The number of anilines is 1. The minimum Gasteiger partial charge on any atom is -0.465 e. The van der Waals surface area contributed by atoms with Crippen molar-refractivity contribution < 1.29 is 9.90 Å². The number of halogens is 2. The Kier molecular flexibility index (Phi) is 4.35. The molecular formula is C12H14BrClN2O2. The Bertz CT molecular complexity index is 456. The second-order valence-electron chi connectivity index (χ2n) is 4.33. The van der Waals surface area contributed by atoms with Gasteiger partial charge in [-0.3, -0.25) is 0 Å². The summed E-state index contributed by atoms with van der Waals surface area (Å²) in [5.74, 6) is 0. The summed E-state index contributed by atoms with van der Waals surface area (Å²) in [5.41, 5.74) is 1.05. The highest BCUT2D eigenvalue weighted by Gasteiger charge is 2.22. The summed E-state index contributed by atoms with van der Waals surface area (Å²) in [7, 11) is 0. The van der Waals surface area contributed by atoms with E-state index in [1.54, 1.807) is 0 Å². The van der Waals surface area contributed by atoms with Crippen molar-refractivity contribution in [1.82, 2.24) is 5.32 Å². The average Bonchev–Trinajstić information content (AvgIpc) is 2.28. The van der Waals surface area contributed by atoms with Gasteiger partial charge in [-0.05, 0) is 47.0 Å². The van der Waals surface area contributed by atoms with Gasteiger partial charge in [0.25, 0.3) is 0 Å². The zero-order valence-corrected chi connectivity index (χ0v) is 12.0. The predicted octanol–water partition coefficient (Wildman–Crippen LogP) is 3.34. The molecule has 1 amide bonds. The summed E-state index contributed by atoms with van der Waals surface area (Å²) in [6.45, 7) is 1.62. The van der Waals surface area contributed by atoms with Gasteiger partial charge in [-0.1, -0.05) is 11.6 Å². The van der Waals surface area contributed by atoms with Gasteiger partial charge in [0.15, 0.2) is 0 Å². The lowest BCUT2D eigenvalue weighted by Crippen LogP contribution is -2.47. The maximum Gasteiger partial charge on any atom is 0.404 e. The molecule has 0 spiro atoms. The van der Waals surface area contributed by atoms with E-state index in [1.807, 2.05) is 18.2 Å². The molecule has 1 aliphatic heterocycles. The number of carbonyl (C=O) groups is 1. The molecular weight excluding hydrogens is 320 g/mol. The maximum atomic E-state index is 10.7. The standard InChI is InChI=1S/C12H14BrClN2O2/c13-10-6-8(14)3-4-11(10)16-5-1-2-9(7-16)15-12(17)18/h3-4,6,9,15H,1-2,5,7H2,(H,17,18). The van der Waals surface area contributed by atoms with E-state index in [9.17, 15) is 4.79 Å². The highest BCUT2D eigenvalue weighted by molar-refractivity contribution is 9.10. The molecule has 1 aromatic rings. The highest BCUT2D eigenvalue weighted by atomic mass is 79.9. The SMILES string of the molecule is O=C(O)NC1CCCN(c2ccc(Cl)cc2Br)C1. The minimum absolute atomic E-state index is 0.0150. The summed E-state index contributed by atoms with van der Waals surface area (Å²) in [4.78, 5) is 12.8. The summed E-state index contributed by atoms with van der Waals surface area (Å²) in [5, 5.41) is 12.0. The normalized spacial score (nSPS) is 19.7. The van der Waals surface area contributed by atoms with Crippen LogP contribution < -0.4 is 10.2 Å². The first kappa shape index (κ1) is 13.5. The Balaban J connectivity index is 2.10. The van der Waals surface area contributed by atoms with Crippen LogP contribution in [0.4, 0.5) is 10.5 Å². The molecule has 2 rings (SSSR count). The molecule has 1 heterocycles. The first-order valence-corrected chi connectivity index (χ1v) is 6.93. The van der Waals surface area contributed by atoms with E-state index in [0.717, 1.165) is 29.5 Å².